The first-order valence-corrected chi connectivity index (χ1v) is 7.94. The average molecular weight is 357 g/mol. The van der Waals surface area contributed by atoms with Crippen LogP contribution in [0.1, 0.15) is 15.9 Å². The molecule has 2 aromatic rings. The Hall–Kier alpha value is -3.42. The predicted molar refractivity (Wildman–Crippen MR) is 95.1 cm³/mol. The molecule has 0 aliphatic heterocycles. The van der Waals surface area contributed by atoms with Crippen molar-refractivity contribution in [2.75, 3.05) is 19.7 Å². The van der Waals surface area contributed by atoms with E-state index in [1.807, 2.05) is 31.2 Å². The predicted octanol–water partition coefficient (Wildman–Crippen LogP) is 1.83. The van der Waals surface area contributed by atoms with E-state index in [0.717, 1.165) is 11.6 Å². The minimum Gasteiger partial charge on any atom is -0.492 e. The highest BCUT2D eigenvalue weighted by molar-refractivity contribution is 5.96. The van der Waals surface area contributed by atoms with Crippen molar-refractivity contribution in [2.24, 2.45) is 0 Å². The number of nitro groups is 1. The van der Waals surface area contributed by atoms with Crippen molar-refractivity contribution >= 4 is 17.5 Å². The number of hydrogen-bond donors (Lipinski definition) is 2. The molecule has 0 atom stereocenters. The van der Waals surface area contributed by atoms with E-state index >= 15 is 0 Å². The first-order valence-electron chi connectivity index (χ1n) is 7.94. The Bertz CT molecular complexity index is 790. The van der Waals surface area contributed by atoms with Gasteiger partial charge < -0.3 is 15.4 Å². The van der Waals surface area contributed by atoms with Crippen LogP contribution in [0.2, 0.25) is 0 Å². The second kappa shape index (κ2) is 9.16. The summed E-state index contributed by atoms with van der Waals surface area (Å²) in [4.78, 5) is 33.8. The zero-order valence-electron chi connectivity index (χ0n) is 14.2. The third-order valence-electron chi connectivity index (χ3n) is 3.44. The van der Waals surface area contributed by atoms with Crippen LogP contribution >= 0.6 is 0 Å². The zero-order chi connectivity index (χ0) is 18.9. The fourth-order valence-electron chi connectivity index (χ4n) is 2.08. The smallest absolute Gasteiger partial charge is 0.270 e. The largest absolute Gasteiger partial charge is 0.492 e. The summed E-state index contributed by atoms with van der Waals surface area (Å²) in [7, 11) is 0. The second-order valence-electron chi connectivity index (χ2n) is 5.50. The van der Waals surface area contributed by atoms with Gasteiger partial charge in [0.2, 0.25) is 5.91 Å². The average Bonchev–Trinajstić information content (AvgIpc) is 2.64. The molecule has 136 valence electrons. The summed E-state index contributed by atoms with van der Waals surface area (Å²) in [5, 5.41) is 15.7. The summed E-state index contributed by atoms with van der Waals surface area (Å²) in [5.74, 6) is -0.222. The summed E-state index contributed by atoms with van der Waals surface area (Å²) < 4.78 is 5.48. The third kappa shape index (κ3) is 5.90. The molecule has 2 amide bonds. The standard InChI is InChI=1S/C18H19N3O5/c1-13-5-7-16(8-6-13)26-10-9-19-17(22)12-20-18(23)14-3-2-4-15(11-14)21(24)25/h2-8,11H,9-10,12H2,1H3,(H,19,22)(H,20,23). The highest BCUT2D eigenvalue weighted by Crippen LogP contribution is 2.13. The van der Waals surface area contributed by atoms with E-state index in [9.17, 15) is 19.7 Å². The topological polar surface area (TPSA) is 111 Å². The van der Waals surface area contributed by atoms with Gasteiger partial charge in [-0.2, -0.15) is 0 Å². The van der Waals surface area contributed by atoms with Crippen LogP contribution in [0.4, 0.5) is 5.69 Å². The molecule has 0 heterocycles. The molecule has 0 bridgehead atoms. The van der Waals surface area contributed by atoms with Gasteiger partial charge in [-0.3, -0.25) is 19.7 Å². The van der Waals surface area contributed by atoms with Crippen molar-refractivity contribution in [2.45, 2.75) is 6.92 Å². The van der Waals surface area contributed by atoms with Crippen molar-refractivity contribution in [3.63, 3.8) is 0 Å². The molecular formula is C18H19N3O5. The first kappa shape index (κ1) is 18.9. The van der Waals surface area contributed by atoms with E-state index in [1.165, 1.54) is 18.2 Å². The van der Waals surface area contributed by atoms with E-state index in [-0.39, 0.29) is 23.7 Å². The van der Waals surface area contributed by atoms with Gasteiger partial charge in [0, 0.05) is 17.7 Å². The zero-order valence-corrected chi connectivity index (χ0v) is 14.2. The van der Waals surface area contributed by atoms with Gasteiger partial charge in [-0.05, 0) is 25.1 Å². The highest BCUT2D eigenvalue weighted by atomic mass is 16.6. The van der Waals surface area contributed by atoms with Crippen LogP contribution in [0.3, 0.4) is 0 Å². The maximum absolute atomic E-state index is 11.9. The summed E-state index contributed by atoms with van der Waals surface area (Å²) in [6.45, 7) is 2.34. The number of ether oxygens (including phenoxy) is 1. The van der Waals surface area contributed by atoms with Crippen molar-refractivity contribution in [1.82, 2.24) is 10.6 Å². The van der Waals surface area contributed by atoms with Gasteiger partial charge in [0.05, 0.1) is 18.0 Å². The lowest BCUT2D eigenvalue weighted by Gasteiger charge is -2.09. The molecule has 0 unspecified atom stereocenters. The normalized spacial score (nSPS) is 10.0. The van der Waals surface area contributed by atoms with Crippen LogP contribution in [0.5, 0.6) is 5.75 Å². The molecule has 0 radical (unpaired) electrons. The number of carbonyl (C=O) groups excluding carboxylic acids is 2. The molecule has 2 N–H and O–H groups in total. The van der Waals surface area contributed by atoms with E-state index in [1.54, 1.807) is 0 Å². The first-order chi connectivity index (χ1) is 12.5. The van der Waals surface area contributed by atoms with E-state index in [0.29, 0.717) is 18.9 Å². The number of amides is 2. The fourth-order valence-corrected chi connectivity index (χ4v) is 2.08. The molecule has 2 aromatic carbocycles. The molecule has 2 rings (SSSR count). The Morgan fingerprint density at radius 1 is 1.12 bits per heavy atom. The molecule has 8 nitrogen and oxygen atoms in total. The van der Waals surface area contributed by atoms with Crippen molar-refractivity contribution in [3.05, 3.63) is 69.8 Å². The van der Waals surface area contributed by atoms with Gasteiger partial charge in [0.15, 0.2) is 0 Å². The molecule has 0 spiro atoms. The number of nitrogens with zero attached hydrogens (tertiary/aromatic N) is 1. The highest BCUT2D eigenvalue weighted by Gasteiger charge is 2.12. The van der Waals surface area contributed by atoms with Crippen LogP contribution < -0.4 is 15.4 Å². The lowest BCUT2D eigenvalue weighted by molar-refractivity contribution is -0.384. The molecule has 0 saturated carbocycles. The molecule has 26 heavy (non-hydrogen) atoms. The lowest BCUT2D eigenvalue weighted by Crippen LogP contribution is -2.38. The van der Waals surface area contributed by atoms with Crippen molar-refractivity contribution in [1.29, 1.82) is 0 Å². The number of rotatable bonds is 8. The number of aryl methyl sites for hydroxylation is 1. The molecule has 0 fully saturated rings. The molecule has 0 aromatic heterocycles. The van der Waals surface area contributed by atoms with Crippen molar-refractivity contribution < 1.29 is 19.2 Å². The van der Waals surface area contributed by atoms with Gasteiger partial charge in [-0.15, -0.1) is 0 Å². The van der Waals surface area contributed by atoms with Crippen molar-refractivity contribution in [3.8, 4) is 5.75 Å². The number of nitro benzene ring substituents is 1. The molecule has 0 aliphatic carbocycles. The van der Waals surface area contributed by atoms with Gasteiger partial charge in [0.25, 0.3) is 11.6 Å². The van der Waals surface area contributed by atoms with Crippen LogP contribution in [0, 0.1) is 17.0 Å². The van der Waals surface area contributed by atoms with Crippen LogP contribution in [0.15, 0.2) is 48.5 Å². The van der Waals surface area contributed by atoms with Gasteiger partial charge in [-0.25, -0.2) is 0 Å². The second-order valence-corrected chi connectivity index (χ2v) is 5.50. The van der Waals surface area contributed by atoms with Gasteiger partial charge in [-0.1, -0.05) is 23.8 Å². The fraction of sp³-hybridized carbons (Fsp3) is 0.222. The quantitative estimate of drug-likeness (QED) is 0.425. The summed E-state index contributed by atoms with van der Waals surface area (Å²) in [6.07, 6.45) is 0. The number of nitrogens with one attached hydrogen (secondary N) is 2. The maximum atomic E-state index is 11.9. The Labute approximate surface area is 150 Å². The Morgan fingerprint density at radius 3 is 2.54 bits per heavy atom. The van der Waals surface area contributed by atoms with E-state index < -0.39 is 10.8 Å². The lowest BCUT2D eigenvalue weighted by atomic mass is 10.2. The summed E-state index contributed by atoms with van der Waals surface area (Å²) in [5.41, 5.74) is 1.07. The molecule has 8 heteroatoms. The number of carbonyl (C=O) groups is 2. The number of benzene rings is 2. The Morgan fingerprint density at radius 2 is 1.85 bits per heavy atom. The Kier molecular flexibility index (Phi) is 6.67. The van der Waals surface area contributed by atoms with Crippen LogP contribution in [-0.4, -0.2) is 36.4 Å². The molecule has 0 aliphatic rings. The summed E-state index contributed by atoms with van der Waals surface area (Å²) >= 11 is 0. The van der Waals surface area contributed by atoms with Gasteiger partial charge >= 0.3 is 0 Å². The molecular weight excluding hydrogens is 338 g/mol. The minimum atomic E-state index is -0.586. The van der Waals surface area contributed by atoms with E-state index in [2.05, 4.69) is 10.6 Å². The Balaban J connectivity index is 1.69. The third-order valence-corrected chi connectivity index (χ3v) is 3.44. The summed E-state index contributed by atoms with van der Waals surface area (Å²) in [6, 6.07) is 12.8. The number of hydrogen-bond acceptors (Lipinski definition) is 5. The van der Waals surface area contributed by atoms with E-state index in [4.69, 9.17) is 4.74 Å². The number of non-ortho nitro benzene ring substituents is 1. The van der Waals surface area contributed by atoms with Crippen LogP contribution in [0.25, 0.3) is 0 Å². The SMILES string of the molecule is Cc1ccc(OCCNC(=O)CNC(=O)c2cccc([N+](=O)[O-])c2)cc1. The molecule has 0 saturated heterocycles. The maximum Gasteiger partial charge on any atom is 0.270 e. The minimum absolute atomic E-state index is 0.120. The monoisotopic (exact) mass is 357 g/mol. The van der Waals surface area contributed by atoms with Gasteiger partial charge in [0.1, 0.15) is 12.4 Å². The van der Waals surface area contributed by atoms with Crippen LogP contribution in [-0.2, 0) is 4.79 Å².